The van der Waals surface area contributed by atoms with Crippen LogP contribution in [-0.4, -0.2) is 67.6 Å². The summed E-state index contributed by atoms with van der Waals surface area (Å²) in [6.45, 7) is 5.17. The summed E-state index contributed by atoms with van der Waals surface area (Å²) in [7, 11) is 4.52. The maximum atomic E-state index is 14.7. The fraction of sp³-hybridized carbons (Fsp3) is 0.200. The summed E-state index contributed by atoms with van der Waals surface area (Å²) in [6.07, 6.45) is 0. The molecule has 0 aromatic heterocycles. The maximum Gasteiger partial charge on any atom is 0.261 e. The molecule has 2 amide bonds. The Morgan fingerprint density at radius 2 is 1.12 bits per heavy atom. The number of carbonyl (C=O) groups is 4. The first-order valence-electron chi connectivity index (χ1n) is 15.8. The lowest BCUT2D eigenvalue weighted by atomic mass is 9.99. The van der Waals surface area contributed by atoms with Crippen molar-refractivity contribution in [2.24, 2.45) is 0 Å². The van der Waals surface area contributed by atoms with E-state index in [1.54, 1.807) is 60.7 Å². The summed E-state index contributed by atoms with van der Waals surface area (Å²) in [6, 6.07) is 24.6. The van der Waals surface area contributed by atoms with Crippen LogP contribution in [-0.2, 0) is 9.59 Å². The van der Waals surface area contributed by atoms with Crippen molar-refractivity contribution in [1.82, 2.24) is 9.80 Å². The molecule has 0 bridgehead atoms. The minimum atomic E-state index is -0.525. The van der Waals surface area contributed by atoms with Crippen LogP contribution in [0.15, 0.2) is 96.1 Å². The molecule has 9 heteroatoms. The number of hydrogen-bond donors (Lipinski definition) is 0. The number of ether oxygens (including phenoxy) is 3. The van der Waals surface area contributed by atoms with Crippen molar-refractivity contribution in [3.05, 3.63) is 135 Å². The van der Waals surface area contributed by atoms with Gasteiger partial charge >= 0.3 is 0 Å². The molecule has 2 aliphatic rings. The van der Waals surface area contributed by atoms with E-state index in [2.05, 4.69) is 0 Å². The second-order valence-electron chi connectivity index (χ2n) is 12.0. The molecule has 0 fully saturated rings. The third kappa shape index (κ3) is 5.99. The number of methoxy groups -OCH3 is 3. The Morgan fingerprint density at radius 1 is 0.571 bits per heavy atom. The van der Waals surface area contributed by atoms with Crippen LogP contribution in [0.3, 0.4) is 0 Å². The predicted molar refractivity (Wildman–Crippen MR) is 186 cm³/mol. The molecule has 0 unspecified atom stereocenters. The zero-order valence-electron chi connectivity index (χ0n) is 28.2. The molecule has 248 valence electrons. The highest BCUT2D eigenvalue weighted by atomic mass is 16.5. The molecule has 0 saturated carbocycles. The SMILES string of the molecule is COc1cccc(C(=O)CN2C(=O)C3=C(c4ccc(OC)c(OC)c4)N(CC(=O)c4cccc(C)c4)C(=O)C3=C2c2ccc(C)c(C)c2)c1. The number of ketones is 2. The third-order valence-electron chi connectivity index (χ3n) is 8.95. The van der Waals surface area contributed by atoms with E-state index in [0.717, 1.165) is 16.7 Å². The van der Waals surface area contributed by atoms with Gasteiger partial charge in [0, 0.05) is 16.7 Å². The first kappa shape index (κ1) is 33.0. The topological polar surface area (TPSA) is 102 Å². The predicted octanol–water partition coefficient (Wildman–Crippen LogP) is 6.21. The number of fused-ring (bicyclic) bond motifs is 1. The van der Waals surface area contributed by atoms with Crippen LogP contribution in [0.4, 0.5) is 0 Å². The fourth-order valence-electron chi connectivity index (χ4n) is 6.26. The van der Waals surface area contributed by atoms with Gasteiger partial charge in [-0.2, -0.15) is 0 Å². The van der Waals surface area contributed by atoms with E-state index < -0.39 is 11.8 Å². The highest BCUT2D eigenvalue weighted by Gasteiger charge is 2.49. The molecule has 49 heavy (non-hydrogen) atoms. The lowest BCUT2D eigenvalue weighted by Gasteiger charge is -2.25. The van der Waals surface area contributed by atoms with E-state index in [1.165, 1.54) is 31.1 Å². The summed E-state index contributed by atoms with van der Waals surface area (Å²) in [5.41, 5.74) is 5.58. The van der Waals surface area contributed by atoms with E-state index >= 15 is 0 Å². The lowest BCUT2D eigenvalue weighted by Crippen LogP contribution is -2.35. The van der Waals surface area contributed by atoms with Crippen molar-refractivity contribution in [2.75, 3.05) is 34.4 Å². The number of carbonyl (C=O) groups excluding carboxylic acids is 4. The van der Waals surface area contributed by atoms with Crippen molar-refractivity contribution in [3.8, 4) is 17.2 Å². The van der Waals surface area contributed by atoms with E-state index in [4.69, 9.17) is 14.2 Å². The van der Waals surface area contributed by atoms with E-state index in [9.17, 15) is 19.2 Å². The summed E-state index contributed by atoms with van der Waals surface area (Å²) < 4.78 is 16.3. The van der Waals surface area contributed by atoms with E-state index in [1.807, 2.05) is 45.0 Å². The van der Waals surface area contributed by atoms with Crippen molar-refractivity contribution < 1.29 is 33.4 Å². The molecular weight excluding hydrogens is 620 g/mol. The first-order valence-corrected chi connectivity index (χ1v) is 15.8. The Balaban J connectivity index is 1.56. The van der Waals surface area contributed by atoms with Gasteiger partial charge in [0.15, 0.2) is 23.1 Å². The summed E-state index contributed by atoms with van der Waals surface area (Å²) in [5.74, 6) is -0.318. The molecule has 0 aliphatic carbocycles. The average Bonchev–Trinajstić information content (AvgIpc) is 3.55. The zero-order chi connectivity index (χ0) is 35.0. The van der Waals surface area contributed by atoms with Crippen LogP contribution in [0.1, 0.15) is 48.5 Å². The van der Waals surface area contributed by atoms with E-state index in [-0.39, 0.29) is 41.5 Å². The fourth-order valence-corrected chi connectivity index (χ4v) is 6.26. The minimum absolute atomic E-state index is 0.112. The quantitative estimate of drug-likeness (QED) is 0.177. The molecule has 6 rings (SSSR count). The minimum Gasteiger partial charge on any atom is -0.497 e. The zero-order valence-corrected chi connectivity index (χ0v) is 28.2. The van der Waals surface area contributed by atoms with E-state index in [0.29, 0.717) is 45.2 Å². The average molecular weight is 657 g/mol. The maximum absolute atomic E-state index is 14.7. The normalized spacial score (nSPS) is 14.1. The summed E-state index contributed by atoms with van der Waals surface area (Å²) in [4.78, 5) is 59.6. The van der Waals surface area contributed by atoms with Gasteiger partial charge in [-0.1, -0.05) is 48.0 Å². The van der Waals surface area contributed by atoms with Crippen LogP contribution in [0.5, 0.6) is 17.2 Å². The smallest absolute Gasteiger partial charge is 0.261 e. The molecule has 0 radical (unpaired) electrons. The number of Topliss-reactive ketones (excluding diaryl/α,β-unsaturated/α-hetero) is 2. The second-order valence-corrected chi connectivity index (χ2v) is 12.0. The van der Waals surface area contributed by atoms with Crippen molar-refractivity contribution in [3.63, 3.8) is 0 Å². The van der Waals surface area contributed by atoms with Gasteiger partial charge in [0.25, 0.3) is 11.8 Å². The molecule has 0 N–H and O–H groups in total. The second kappa shape index (κ2) is 13.3. The molecule has 0 spiro atoms. The number of amides is 2. The lowest BCUT2D eigenvalue weighted by molar-refractivity contribution is -0.123. The number of nitrogens with zero attached hydrogens (tertiary/aromatic N) is 2. The van der Waals surface area contributed by atoms with Gasteiger partial charge in [-0.05, 0) is 79.9 Å². The number of aryl methyl sites for hydroxylation is 3. The van der Waals surface area contributed by atoms with Crippen LogP contribution in [0, 0.1) is 20.8 Å². The molecule has 9 nitrogen and oxygen atoms in total. The van der Waals surface area contributed by atoms with Crippen LogP contribution < -0.4 is 14.2 Å². The number of hydrogen-bond acceptors (Lipinski definition) is 7. The largest absolute Gasteiger partial charge is 0.497 e. The molecule has 0 saturated heterocycles. The van der Waals surface area contributed by atoms with Gasteiger partial charge in [0.1, 0.15) is 5.75 Å². The molecular formula is C40H36N2O7. The molecule has 0 atom stereocenters. The standard InChI is InChI=1S/C40H36N2O7/c1-23-9-7-10-26(17-23)31(43)21-42-38(29-15-16-33(48-5)34(20-29)49-6)36-35(39(42)45)37(28-14-13-24(2)25(3)18-28)41(40(36)46)22-32(44)27-11-8-12-30(19-27)47-4/h7-20H,21-22H2,1-6H3. The monoisotopic (exact) mass is 656 g/mol. The molecule has 2 heterocycles. The Morgan fingerprint density at radius 3 is 1.67 bits per heavy atom. The van der Waals surface area contributed by atoms with Gasteiger partial charge in [-0.15, -0.1) is 0 Å². The molecule has 4 aromatic rings. The number of benzene rings is 4. The van der Waals surface area contributed by atoms with Gasteiger partial charge in [-0.3, -0.25) is 29.0 Å². The van der Waals surface area contributed by atoms with Gasteiger partial charge in [0.2, 0.25) is 0 Å². The van der Waals surface area contributed by atoms with Gasteiger partial charge in [-0.25, -0.2) is 0 Å². The van der Waals surface area contributed by atoms with Gasteiger partial charge in [0.05, 0.1) is 57.0 Å². The Bertz CT molecular complexity index is 2110. The van der Waals surface area contributed by atoms with Crippen molar-refractivity contribution in [1.29, 1.82) is 0 Å². The van der Waals surface area contributed by atoms with Gasteiger partial charge < -0.3 is 14.2 Å². The molecule has 2 aliphatic heterocycles. The summed E-state index contributed by atoms with van der Waals surface area (Å²) in [5, 5.41) is 0. The van der Waals surface area contributed by atoms with Crippen LogP contribution in [0.2, 0.25) is 0 Å². The summed E-state index contributed by atoms with van der Waals surface area (Å²) >= 11 is 0. The Hall–Kier alpha value is -5.96. The molecule has 4 aromatic carbocycles. The highest BCUT2D eigenvalue weighted by Crippen LogP contribution is 2.47. The van der Waals surface area contributed by atoms with Crippen LogP contribution >= 0.6 is 0 Å². The van der Waals surface area contributed by atoms with Crippen LogP contribution in [0.25, 0.3) is 11.4 Å². The Kier molecular flexibility index (Phi) is 8.93. The van der Waals surface area contributed by atoms with Crippen molar-refractivity contribution >= 4 is 34.8 Å². The third-order valence-corrected chi connectivity index (χ3v) is 8.95. The Labute approximate surface area is 285 Å². The first-order chi connectivity index (χ1) is 23.6. The highest BCUT2D eigenvalue weighted by molar-refractivity contribution is 6.31. The van der Waals surface area contributed by atoms with Crippen molar-refractivity contribution in [2.45, 2.75) is 20.8 Å². The number of rotatable bonds is 11.